The predicted octanol–water partition coefficient (Wildman–Crippen LogP) is 0.534. The molecule has 9 heteroatoms. The number of benzene rings is 1. The molecule has 0 bridgehead atoms. The SMILES string of the molecule is Nc1nc2c(ncn2[C@@H]2CC[C@@H](CO)O2)c(=O)n1C(=O)c1ccccc1. The molecule has 3 heterocycles. The van der Waals surface area contributed by atoms with Gasteiger partial charge in [0, 0.05) is 5.56 Å². The number of aliphatic hydroxyl groups is 1. The van der Waals surface area contributed by atoms with Crippen molar-refractivity contribution in [3.63, 3.8) is 0 Å². The van der Waals surface area contributed by atoms with Crippen LogP contribution in [-0.2, 0) is 4.74 Å². The summed E-state index contributed by atoms with van der Waals surface area (Å²) >= 11 is 0. The number of carbonyl (C=O) groups excluding carboxylic acids is 1. The molecule has 0 radical (unpaired) electrons. The van der Waals surface area contributed by atoms with Crippen LogP contribution in [0.5, 0.6) is 0 Å². The van der Waals surface area contributed by atoms with Gasteiger partial charge in [-0.2, -0.15) is 4.98 Å². The second-order valence-corrected chi connectivity index (χ2v) is 6.08. The number of hydrogen-bond acceptors (Lipinski definition) is 7. The van der Waals surface area contributed by atoms with E-state index in [-0.39, 0.29) is 36.1 Å². The minimum atomic E-state index is -0.628. The maximum absolute atomic E-state index is 12.8. The Labute approximate surface area is 147 Å². The van der Waals surface area contributed by atoms with Crippen molar-refractivity contribution in [1.82, 2.24) is 19.1 Å². The molecule has 134 valence electrons. The number of rotatable bonds is 3. The molecule has 1 aliphatic heterocycles. The molecule has 1 fully saturated rings. The van der Waals surface area contributed by atoms with E-state index in [1.54, 1.807) is 34.9 Å². The van der Waals surface area contributed by atoms with Crippen LogP contribution in [0.4, 0.5) is 5.95 Å². The smallest absolute Gasteiger partial charge is 0.290 e. The van der Waals surface area contributed by atoms with Gasteiger partial charge >= 0.3 is 0 Å². The number of fused-ring (bicyclic) bond motifs is 1. The Hall–Kier alpha value is -3.04. The van der Waals surface area contributed by atoms with Crippen molar-refractivity contribution in [3.8, 4) is 0 Å². The first kappa shape index (κ1) is 16.4. The third-order valence-corrected chi connectivity index (χ3v) is 4.45. The number of nitrogens with two attached hydrogens (primary N) is 1. The lowest BCUT2D eigenvalue weighted by Gasteiger charge is -2.14. The molecule has 0 spiro atoms. The van der Waals surface area contributed by atoms with Crippen LogP contribution in [0.25, 0.3) is 11.2 Å². The molecular formula is C17H17N5O4. The Morgan fingerprint density at radius 2 is 2.08 bits per heavy atom. The van der Waals surface area contributed by atoms with Crippen molar-refractivity contribution >= 4 is 23.0 Å². The van der Waals surface area contributed by atoms with E-state index < -0.39 is 11.5 Å². The van der Waals surface area contributed by atoms with Gasteiger partial charge in [0.2, 0.25) is 5.95 Å². The standard InChI is InChI=1S/C17H17N5O4/c18-17-20-14-13(19-9-21(14)12-7-6-11(8-23)26-12)16(25)22(17)15(24)10-4-2-1-3-5-10/h1-5,9,11-12,23H,6-8H2,(H2,18,20)/t11-,12-/m0/s1. The second-order valence-electron chi connectivity index (χ2n) is 6.08. The summed E-state index contributed by atoms with van der Waals surface area (Å²) in [7, 11) is 0. The fraction of sp³-hybridized carbons (Fsp3) is 0.294. The quantitative estimate of drug-likeness (QED) is 0.702. The van der Waals surface area contributed by atoms with Gasteiger partial charge in [-0.3, -0.25) is 14.2 Å². The lowest BCUT2D eigenvalue weighted by atomic mass is 10.2. The van der Waals surface area contributed by atoms with Crippen LogP contribution in [0.3, 0.4) is 0 Å². The first-order valence-corrected chi connectivity index (χ1v) is 8.21. The summed E-state index contributed by atoms with van der Waals surface area (Å²) in [5.74, 6) is -0.774. The highest BCUT2D eigenvalue weighted by atomic mass is 16.5. The summed E-state index contributed by atoms with van der Waals surface area (Å²) in [6.07, 6.45) is 2.16. The van der Waals surface area contributed by atoms with E-state index in [4.69, 9.17) is 10.5 Å². The van der Waals surface area contributed by atoms with Crippen LogP contribution in [0.15, 0.2) is 41.5 Å². The number of ether oxygens (including phenoxy) is 1. The highest BCUT2D eigenvalue weighted by Crippen LogP contribution is 2.29. The Kier molecular flexibility index (Phi) is 4.02. The largest absolute Gasteiger partial charge is 0.394 e. The third-order valence-electron chi connectivity index (χ3n) is 4.45. The fourth-order valence-electron chi connectivity index (χ4n) is 3.13. The number of imidazole rings is 1. The number of aliphatic hydroxyl groups excluding tert-OH is 1. The Morgan fingerprint density at radius 3 is 2.77 bits per heavy atom. The monoisotopic (exact) mass is 355 g/mol. The van der Waals surface area contributed by atoms with Gasteiger partial charge in [-0.15, -0.1) is 0 Å². The lowest BCUT2D eigenvalue weighted by molar-refractivity contribution is -0.0207. The minimum absolute atomic E-state index is 0.0412. The highest BCUT2D eigenvalue weighted by Gasteiger charge is 2.29. The molecule has 0 amide bonds. The molecule has 1 saturated heterocycles. The van der Waals surface area contributed by atoms with Gasteiger partial charge < -0.3 is 15.6 Å². The molecule has 1 aromatic carbocycles. The van der Waals surface area contributed by atoms with Gasteiger partial charge in [-0.05, 0) is 25.0 Å². The maximum atomic E-state index is 12.8. The number of carbonyl (C=O) groups is 1. The van der Waals surface area contributed by atoms with E-state index in [9.17, 15) is 14.7 Å². The number of nitrogen functional groups attached to an aromatic ring is 1. The Balaban J connectivity index is 1.79. The van der Waals surface area contributed by atoms with Crippen molar-refractivity contribution in [3.05, 3.63) is 52.6 Å². The molecule has 2 aromatic heterocycles. The van der Waals surface area contributed by atoms with Crippen LogP contribution in [0.2, 0.25) is 0 Å². The summed E-state index contributed by atoms with van der Waals surface area (Å²) in [4.78, 5) is 33.7. The average Bonchev–Trinajstić information content (AvgIpc) is 3.28. The molecule has 0 saturated carbocycles. The number of hydrogen-bond donors (Lipinski definition) is 2. The zero-order chi connectivity index (χ0) is 18.3. The van der Waals surface area contributed by atoms with Crippen LogP contribution in [-0.4, -0.2) is 42.8 Å². The van der Waals surface area contributed by atoms with Crippen LogP contribution >= 0.6 is 0 Å². The van der Waals surface area contributed by atoms with E-state index in [2.05, 4.69) is 9.97 Å². The van der Waals surface area contributed by atoms with Crippen LogP contribution in [0.1, 0.15) is 29.4 Å². The molecule has 4 rings (SSSR count). The number of aromatic nitrogens is 4. The Morgan fingerprint density at radius 1 is 1.31 bits per heavy atom. The van der Waals surface area contributed by atoms with Gasteiger partial charge in [0.15, 0.2) is 11.2 Å². The van der Waals surface area contributed by atoms with Crippen molar-refractivity contribution in [1.29, 1.82) is 0 Å². The van der Waals surface area contributed by atoms with Crippen molar-refractivity contribution < 1.29 is 14.6 Å². The van der Waals surface area contributed by atoms with E-state index in [1.165, 1.54) is 6.33 Å². The zero-order valence-corrected chi connectivity index (χ0v) is 13.8. The van der Waals surface area contributed by atoms with E-state index >= 15 is 0 Å². The summed E-state index contributed by atoms with van der Waals surface area (Å²) in [6.45, 7) is -0.0723. The molecule has 26 heavy (non-hydrogen) atoms. The Bertz CT molecular complexity index is 1030. The van der Waals surface area contributed by atoms with Gasteiger partial charge in [-0.1, -0.05) is 18.2 Å². The summed E-state index contributed by atoms with van der Waals surface area (Å²) in [5.41, 5.74) is 5.91. The number of anilines is 1. The molecular weight excluding hydrogens is 338 g/mol. The maximum Gasteiger partial charge on any atom is 0.290 e. The molecule has 0 unspecified atom stereocenters. The highest BCUT2D eigenvalue weighted by molar-refractivity contribution is 5.98. The number of nitrogens with zero attached hydrogens (tertiary/aromatic N) is 4. The predicted molar refractivity (Wildman–Crippen MR) is 92.6 cm³/mol. The van der Waals surface area contributed by atoms with E-state index in [0.29, 0.717) is 18.4 Å². The summed E-state index contributed by atoms with van der Waals surface area (Å²) in [6, 6.07) is 8.36. The topological polar surface area (TPSA) is 125 Å². The van der Waals surface area contributed by atoms with Gasteiger partial charge in [0.1, 0.15) is 6.23 Å². The van der Waals surface area contributed by atoms with Gasteiger partial charge in [0.25, 0.3) is 11.5 Å². The van der Waals surface area contributed by atoms with Gasteiger partial charge in [0.05, 0.1) is 19.0 Å². The van der Waals surface area contributed by atoms with Crippen LogP contribution in [0, 0.1) is 0 Å². The first-order chi connectivity index (χ1) is 12.6. The first-order valence-electron chi connectivity index (χ1n) is 8.21. The summed E-state index contributed by atoms with van der Waals surface area (Å²) < 4.78 is 8.14. The van der Waals surface area contributed by atoms with Crippen LogP contribution < -0.4 is 11.3 Å². The minimum Gasteiger partial charge on any atom is -0.394 e. The normalized spacial score (nSPS) is 19.9. The van der Waals surface area contributed by atoms with Gasteiger partial charge in [-0.25, -0.2) is 9.55 Å². The average molecular weight is 355 g/mol. The molecule has 1 aliphatic rings. The van der Waals surface area contributed by atoms with Crippen molar-refractivity contribution in [2.45, 2.75) is 25.2 Å². The zero-order valence-electron chi connectivity index (χ0n) is 13.8. The molecule has 2 atom stereocenters. The molecule has 3 N–H and O–H groups in total. The summed E-state index contributed by atoms with van der Waals surface area (Å²) in [5, 5.41) is 9.21. The van der Waals surface area contributed by atoms with Crippen molar-refractivity contribution in [2.75, 3.05) is 12.3 Å². The molecule has 0 aliphatic carbocycles. The molecule has 9 nitrogen and oxygen atoms in total. The lowest BCUT2D eigenvalue weighted by Crippen LogP contribution is -2.31. The molecule has 3 aromatic rings. The van der Waals surface area contributed by atoms with E-state index in [1.807, 2.05) is 0 Å². The van der Waals surface area contributed by atoms with E-state index in [0.717, 1.165) is 4.57 Å². The van der Waals surface area contributed by atoms with Crippen molar-refractivity contribution in [2.24, 2.45) is 0 Å². The fourth-order valence-corrected chi connectivity index (χ4v) is 3.13. The second kappa shape index (κ2) is 6.36. The third kappa shape index (κ3) is 2.57.